The number of nitrogens with two attached hydrogens (primary N) is 1. The number of halogens is 4. The van der Waals surface area contributed by atoms with Crippen LogP contribution in [0.25, 0.3) is 16.8 Å². The summed E-state index contributed by atoms with van der Waals surface area (Å²) in [5.41, 5.74) is 3.72. The van der Waals surface area contributed by atoms with Crippen LogP contribution in [0.3, 0.4) is 0 Å². The van der Waals surface area contributed by atoms with Gasteiger partial charge >= 0.3 is 6.18 Å². The Kier molecular flexibility index (Phi) is 7.08. The molecule has 38 heavy (non-hydrogen) atoms. The van der Waals surface area contributed by atoms with E-state index in [4.69, 9.17) is 10.5 Å². The van der Waals surface area contributed by atoms with Crippen LogP contribution in [0.15, 0.2) is 48.9 Å². The van der Waals surface area contributed by atoms with Gasteiger partial charge in [0.1, 0.15) is 29.4 Å². The fraction of sp³-hybridized carbons (Fsp3) is 0.280. The second-order valence-corrected chi connectivity index (χ2v) is 8.91. The molecular weight excluding hydrogens is 508 g/mol. The molecular formula is C25H24F4N6O3. The van der Waals surface area contributed by atoms with Gasteiger partial charge in [-0.3, -0.25) is 9.78 Å². The van der Waals surface area contributed by atoms with Crippen molar-refractivity contribution in [2.24, 2.45) is 0 Å². The highest BCUT2D eigenvalue weighted by molar-refractivity contribution is 5.96. The summed E-state index contributed by atoms with van der Waals surface area (Å²) in [4.78, 5) is 20.9. The molecule has 1 aromatic carbocycles. The Bertz CT molecular complexity index is 1490. The highest BCUT2D eigenvalue weighted by Gasteiger charge is 2.37. The van der Waals surface area contributed by atoms with Gasteiger partial charge in [0.15, 0.2) is 5.82 Å². The van der Waals surface area contributed by atoms with Crippen molar-refractivity contribution in [1.82, 2.24) is 24.9 Å². The second-order valence-electron chi connectivity index (χ2n) is 8.91. The van der Waals surface area contributed by atoms with Gasteiger partial charge in [-0.25, -0.2) is 13.9 Å². The minimum Gasteiger partial charge on any atom is -0.385 e. The summed E-state index contributed by atoms with van der Waals surface area (Å²) in [6, 6.07) is 7.62. The van der Waals surface area contributed by atoms with E-state index >= 15 is 0 Å². The van der Waals surface area contributed by atoms with Crippen molar-refractivity contribution < 1.29 is 32.2 Å². The number of carbonyl (C=O) groups is 1. The molecule has 0 fully saturated rings. The van der Waals surface area contributed by atoms with Crippen molar-refractivity contribution in [3.63, 3.8) is 0 Å². The topological polar surface area (TPSA) is 128 Å². The molecule has 1 amide bonds. The smallest absolute Gasteiger partial charge is 0.385 e. The van der Waals surface area contributed by atoms with Crippen LogP contribution < -0.4 is 11.1 Å². The number of aryl methyl sites for hydroxylation is 1. The number of hydrogen-bond donors (Lipinski definition) is 3. The Labute approximate surface area is 214 Å². The number of nitrogen functional groups attached to an aromatic ring is 1. The summed E-state index contributed by atoms with van der Waals surface area (Å²) in [7, 11) is 1.37. The largest absolute Gasteiger partial charge is 0.418 e. The van der Waals surface area contributed by atoms with Crippen LogP contribution in [0.2, 0.25) is 0 Å². The number of methoxy groups -OCH3 is 1. The zero-order valence-corrected chi connectivity index (χ0v) is 20.5. The fourth-order valence-electron chi connectivity index (χ4n) is 4.23. The monoisotopic (exact) mass is 532 g/mol. The Morgan fingerprint density at radius 2 is 1.89 bits per heavy atom. The molecule has 200 valence electrons. The van der Waals surface area contributed by atoms with Gasteiger partial charge in [-0.05, 0) is 43.7 Å². The van der Waals surface area contributed by atoms with Gasteiger partial charge in [0.25, 0.3) is 5.91 Å². The standard InChI is InChI=1S/C25H24F4N6O3/c1-13-17(23(36)32-11-24(2,37)21(38-3)14-4-6-16(26)7-5-14)8-15(10-31-13)19-9-18(25(27,28)29)20-22(30)33-12-34-35(19)20/h4-10,12,21,37H,11H2,1-3H3,(H,32,36)(H2,30,33,34). The summed E-state index contributed by atoms with van der Waals surface area (Å²) in [6.07, 6.45) is -3.28. The van der Waals surface area contributed by atoms with E-state index in [2.05, 4.69) is 20.4 Å². The Morgan fingerprint density at radius 3 is 2.53 bits per heavy atom. The maximum absolute atomic E-state index is 13.7. The van der Waals surface area contributed by atoms with Crippen molar-refractivity contribution in [3.05, 3.63) is 77.1 Å². The molecule has 0 bridgehead atoms. The van der Waals surface area contributed by atoms with Gasteiger partial charge in [0, 0.05) is 25.4 Å². The predicted octanol–water partition coefficient (Wildman–Crippen LogP) is 3.71. The SMILES string of the molecule is COC(c1ccc(F)cc1)C(C)(O)CNC(=O)c1cc(-c2cc(C(F)(F)F)c3c(N)ncnn23)cnc1C. The summed E-state index contributed by atoms with van der Waals surface area (Å²) >= 11 is 0. The fourth-order valence-corrected chi connectivity index (χ4v) is 4.23. The van der Waals surface area contributed by atoms with Crippen molar-refractivity contribution in [2.45, 2.75) is 31.7 Å². The molecule has 0 aliphatic heterocycles. The minimum absolute atomic E-state index is 0.00530. The normalized spacial score (nSPS) is 14.3. The first-order valence-electron chi connectivity index (χ1n) is 11.3. The summed E-state index contributed by atoms with van der Waals surface area (Å²) in [5, 5.41) is 17.6. The molecule has 0 saturated carbocycles. The van der Waals surface area contributed by atoms with E-state index < -0.39 is 40.7 Å². The molecule has 2 atom stereocenters. The average Bonchev–Trinajstić information content (AvgIpc) is 3.26. The van der Waals surface area contributed by atoms with E-state index in [1.54, 1.807) is 6.92 Å². The molecule has 3 heterocycles. The highest BCUT2D eigenvalue weighted by Crippen LogP contribution is 2.38. The van der Waals surface area contributed by atoms with Gasteiger partial charge in [0.2, 0.25) is 0 Å². The van der Waals surface area contributed by atoms with Crippen LogP contribution in [-0.2, 0) is 10.9 Å². The molecule has 13 heteroatoms. The lowest BCUT2D eigenvalue weighted by atomic mass is 9.92. The number of amides is 1. The number of ether oxygens (including phenoxy) is 1. The van der Waals surface area contributed by atoms with E-state index in [0.717, 1.165) is 16.9 Å². The Morgan fingerprint density at radius 1 is 1.21 bits per heavy atom. The number of rotatable bonds is 7. The van der Waals surface area contributed by atoms with E-state index in [9.17, 15) is 27.5 Å². The van der Waals surface area contributed by atoms with E-state index in [0.29, 0.717) is 11.3 Å². The first kappa shape index (κ1) is 26.9. The number of hydrogen-bond acceptors (Lipinski definition) is 7. The molecule has 0 radical (unpaired) electrons. The third-order valence-electron chi connectivity index (χ3n) is 6.10. The molecule has 9 nitrogen and oxygen atoms in total. The Balaban J connectivity index is 1.64. The summed E-state index contributed by atoms with van der Waals surface area (Å²) < 4.78 is 60.8. The summed E-state index contributed by atoms with van der Waals surface area (Å²) in [5.74, 6) is -1.43. The van der Waals surface area contributed by atoms with Gasteiger partial charge in [-0.2, -0.15) is 18.3 Å². The third-order valence-corrected chi connectivity index (χ3v) is 6.10. The van der Waals surface area contributed by atoms with Crippen molar-refractivity contribution in [1.29, 1.82) is 0 Å². The number of benzene rings is 1. The quantitative estimate of drug-likeness (QED) is 0.310. The third kappa shape index (κ3) is 5.15. The maximum atomic E-state index is 13.7. The van der Waals surface area contributed by atoms with E-state index in [1.165, 1.54) is 50.6 Å². The van der Waals surface area contributed by atoms with Crippen LogP contribution in [0.1, 0.15) is 40.2 Å². The number of nitrogens with zero attached hydrogens (tertiary/aromatic N) is 4. The maximum Gasteiger partial charge on any atom is 0.418 e. The van der Waals surface area contributed by atoms with Crippen molar-refractivity contribution >= 4 is 17.2 Å². The molecule has 4 aromatic rings. The van der Waals surface area contributed by atoms with Crippen LogP contribution in [-0.4, -0.2) is 49.9 Å². The number of fused-ring (bicyclic) bond motifs is 1. The van der Waals surface area contributed by atoms with Gasteiger partial charge in [0.05, 0.1) is 22.5 Å². The molecule has 2 unspecified atom stereocenters. The minimum atomic E-state index is -4.73. The predicted molar refractivity (Wildman–Crippen MR) is 129 cm³/mol. The summed E-state index contributed by atoms with van der Waals surface area (Å²) in [6.45, 7) is 2.74. The number of pyridine rings is 1. The number of aromatic nitrogens is 4. The zero-order chi connectivity index (χ0) is 27.8. The number of aliphatic hydroxyl groups is 1. The van der Waals surface area contributed by atoms with Crippen LogP contribution in [0, 0.1) is 12.7 Å². The molecule has 0 aliphatic carbocycles. The second kappa shape index (κ2) is 9.99. The number of nitrogens with one attached hydrogen (secondary N) is 1. The van der Waals surface area contributed by atoms with Gasteiger partial charge < -0.3 is 20.9 Å². The first-order valence-corrected chi connectivity index (χ1v) is 11.3. The van der Waals surface area contributed by atoms with Crippen LogP contribution >= 0.6 is 0 Å². The van der Waals surface area contributed by atoms with Gasteiger partial charge in [-0.15, -0.1) is 0 Å². The number of anilines is 1. The lowest BCUT2D eigenvalue weighted by molar-refractivity contribution is -0.136. The molecule has 0 saturated heterocycles. The zero-order valence-electron chi connectivity index (χ0n) is 20.5. The lowest BCUT2D eigenvalue weighted by Gasteiger charge is -2.32. The molecule has 4 N–H and O–H groups in total. The lowest BCUT2D eigenvalue weighted by Crippen LogP contribution is -2.45. The number of carbonyl (C=O) groups excluding carboxylic acids is 1. The average molecular weight is 532 g/mol. The molecule has 0 spiro atoms. The van der Waals surface area contributed by atoms with E-state index in [1.807, 2.05) is 0 Å². The van der Waals surface area contributed by atoms with E-state index in [-0.39, 0.29) is 29.2 Å². The Hall–Kier alpha value is -4.10. The highest BCUT2D eigenvalue weighted by atomic mass is 19.4. The molecule has 3 aromatic heterocycles. The van der Waals surface area contributed by atoms with Crippen LogP contribution in [0.4, 0.5) is 23.4 Å². The first-order chi connectivity index (χ1) is 17.8. The van der Waals surface area contributed by atoms with Crippen molar-refractivity contribution in [2.75, 3.05) is 19.4 Å². The molecule has 0 aliphatic rings. The van der Waals surface area contributed by atoms with Crippen molar-refractivity contribution in [3.8, 4) is 11.3 Å². The number of alkyl halides is 3. The van der Waals surface area contributed by atoms with Gasteiger partial charge in [-0.1, -0.05) is 12.1 Å². The molecule has 4 rings (SSSR count). The van der Waals surface area contributed by atoms with Crippen LogP contribution in [0.5, 0.6) is 0 Å².